The molecule has 6 heteroatoms. The summed E-state index contributed by atoms with van der Waals surface area (Å²) >= 11 is 0. The van der Waals surface area contributed by atoms with Crippen molar-refractivity contribution >= 4 is 27.8 Å². The van der Waals surface area contributed by atoms with Crippen LogP contribution in [0.25, 0.3) is 6.08 Å². The Bertz CT molecular complexity index is 603. The third-order valence-corrected chi connectivity index (χ3v) is 4.19. The van der Waals surface area contributed by atoms with Crippen molar-refractivity contribution in [3.63, 3.8) is 0 Å². The smallest absolute Gasteiger partial charge is 0.328 e. The van der Waals surface area contributed by atoms with Gasteiger partial charge in [0.15, 0.2) is 0 Å². The van der Waals surface area contributed by atoms with E-state index in [0.29, 0.717) is 11.3 Å². The summed E-state index contributed by atoms with van der Waals surface area (Å²) in [6.45, 7) is 0. The molecule has 0 unspecified atom stereocenters. The van der Waals surface area contributed by atoms with Crippen molar-refractivity contribution in [2.75, 3.05) is 10.5 Å². The van der Waals surface area contributed by atoms with Crippen molar-refractivity contribution in [3.05, 3.63) is 35.9 Å². The van der Waals surface area contributed by atoms with Crippen LogP contribution in [0.5, 0.6) is 0 Å². The Morgan fingerprint density at radius 1 is 1.42 bits per heavy atom. The number of hydrogen-bond acceptors (Lipinski definition) is 3. The van der Waals surface area contributed by atoms with E-state index in [0.717, 1.165) is 18.9 Å². The van der Waals surface area contributed by atoms with E-state index >= 15 is 0 Å². The van der Waals surface area contributed by atoms with Gasteiger partial charge in [-0.1, -0.05) is 12.1 Å². The molecule has 0 atom stereocenters. The molecule has 1 aliphatic rings. The second-order valence-electron chi connectivity index (χ2n) is 4.62. The molecule has 1 fully saturated rings. The van der Waals surface area contributed by atoms with Crippen LogP contribution in [0.15, 0.2) is 30.3 Å². The van der Waals surface area contributed by atoms with Gasteiger partial charge in [-0.15, -0.1) is 0 Å². The van der Waals surface area contributed by atoms with Crippen molar-refractivity contribution in [1.29, 1.82) is 0 Å². The zero-order valence-electron chi connectivity index (χ0n) is 10.2. The topological polar surface area (TPSA) is 83.5 Å². The molecular weight excluding hydrogens is 266 g/mol. The van der Waals surface area contributed by atoms with E-state index in [1.54, 1.807) is 24.3 Å². The fourth-order valence-electron chi connectivity index (χ4n) is 1.69. The molecule has 2 N–H and O–H groups in total. The minimum Gasteiger partial charge on any atom is -0.478 e. The van der Waals surface area contributed by atoms with E-state index in [2.05, 4.69) is 4.72 Å². The van der Waals surface area contributed by atoms with Gasteiger partial charge in [0.2, 0.25) is 10.0 Å². The number of benzene rings is 1. The molecule has 1 saturated carbocycles. The van der Waals surface area contributed by atoms with Crippen LogP contribution >= 0.6 is 0 Å². The van der Waals surface area contributed by atoms with Gasteiger partial charge in [0, 0.05) is 11.8 Å². The Morgan fingerprint density at radius 2 is 2.16 bits per heavy atom. The summed E-state index contributed by atoms with van der Waals surface area (Å²) in [4.78, 5) is 10.4. The number of carbonyl (C=O) groups is 1. The zero-order chi connectivity index (χ0) is 13.9. The minimum absolute atomic E-state index is 0.155. The number of hydrogen-bond donors (Lipinski definition) is 2. The summed E-state index contributed by atoms with van der Waals surface area (Å²) in [6.07, 6.45) is 4.38. The molecule has 1 aromatic carbocycles. The average molecular weight is 281 g/mol. The zero-order valence-corrected chi connectivity index (χ0v) is 11.1. The van der Waals surface area contributed by atoms with Crippen LogP contribution in [0.2, 0.25) is 0 Å². The maximum absolute atomic E-state index is 11.8. The quantitative estimate of drug-likeness (QED) is 0.780. The van der Waals surface area contributed by atoms with Crippen LogP contribution in [0.3, 0.4) is 0 Å². The van der Waals surface area contributed by atoms with Gasteiger partial charge in [-0.25, -0.2) is 13.2 Å². The molecule has 5 nitrogen and oxygen atoms in total. The van der Waals surface area contributed by atoms with Gasteiger partial charge in [0.05, 0.1) is 5.75 Å². The van der Waals surface area contributed by atoms with Crippen molar-refractivity contribution < 1.29 is 18.3 Å². The Balaban J connectivity index is 2.07. The Labute approximate surface area is 112 Å². The maximum Gasteiger partial charge on any atom is 0.328 e. The first-order chi connectivity index (χ1) is 8.94. The van der Waals surface area contributed by atoms with Gasteiger partial charge in [0.1, 0.15) is 0 Å². The molecule has 1 aromatic rings. The number of rotatable bonds is 6. The first-order valence-corrected chi connectivity index (χ1v) is 7.61. The van der Waals surface area contributed by atoms with Crippen LogP contribution < -0.4 is 4.72 Å². The summed E-state index contributed by atoms with van der Waals surface area (Å²) in [6, 6.07) is 6.63. The molecule has 0 bridgehead atoms. The monoisotopic (exact) mass is 281 g/mol. The summed E-state index contributed by atoms with van der Waals surface area (Å²) in [5, 5.41) is 8.54. The fourth-order valence-corrected chi connectivity index (χ4v) is 3.21. The predicted octanol–water partition coefficient (Wildman–Crippen LogP) is 1.94. The normalized spacial score (nSPS) is 15.6. The number of nitrogens with one attached hydrogen (secondary N) is 1. The van der Waals surface area contributed by atoms with Gasteiger partial charge in [-0.3, -0.25) is 4.72 Å². The molecule has 0 aliphatic heterocycles. The van der Waals surface area contributed by atoms with E-state index in [1.807, 2.05) is 0 Å². The highest BCUT2D eigenvalue weighted by molar-refractivity contribution is 7.92. The number of anilines is 1. The second-order valence-corrected chi connectivity index (χ2v) is 6.39. The van der Waals surface area contributed by atoms with Gasteiger partial charge in [-0.2, -0.15) is 0 Å². The molecule has 2 rings (SSSR count). The highest BCUT2D eigenvalue weighted by Gasteiger charge is 2.27. The van der Waals surface area contributed by atoms with Crippen molar-refractivity contribution in [2.24, 2.45) is 5.92 Å². The van der Waals surface area contributed by atoms with Crippen LogP contribution in [0, 0.1) is 5.92 Å². The van der Waals surface area contributed by atoms with Gasteiger partial charge in [0.25, 0.3) is 0 Å². The molecule has 0 spiro atoms. The number of carboxylic acid groups (broad SMARTS) is 1. The van der Waals surface area contributed by atoms with Crippen molar-refractivity contribution in [1.82, 2.24) is 0 Å². The van der Waals surface area contributed by atoms with Crippen LogP contribution in [0.1, 0.15) is 18.4 Å². The SMILES string of the molecule is O=C(O)/C=C/c1cccc(NS(=O)(=O)CC2CC2)c1. The highest BCUT2D eigenvalue weighted by Crippen LogP contribution is 2.30. The molecule has 102 valence electrons. The average Bonchev–Trinajstić information content (AvgIpc) is 3.09. The van der Waals surface area contributed by atoms with Gasteiger partial charge >= 0.3 is 5.97 Å². The minimum atomic E-state index is -3.31. The molecule has 0 aromatic heterocycles. The lowest BCUT2D eigenvalue weighted by atomic mass is 10.2. The van der Waals surface area contributed by atoms with E-state index in [-0.39, 0.29) is 11.7 Å². The van der Waals surface area contributed by atoms with Crippen LogP contribution in [-0.4, -0.2) is 25.2 Å². The molecule has 0 saturated heterocycles. The molecule has 0 amide bonds. The standard InChI is InChI=1S/C13H15NO4S/c15-13(16)7-6-10-2-1-3-12(8-10)14-19(17,18)9-11-4-5-11/h1-3,6-8,11,14H,4-5,9H2,(H,15,16)/b7-6+. The summed E-state index contributed by atoms with van der Waals surface area (Å²) in [5.74, 6) is -0.602. The molecule has 0 radical (unpaired) electrons. The number of carboxylic acids is 1. The maximum atomic E-state index is 11.8. The largest absolute Gasteiger partial charge is 0.478 e. The summed E-state index contributed by atoms with van der Waals surface area (Å²) in [5.41, 5.74) is 1.09. The van der Waals surface area contributed by atoms with Crippen molar-refractivity contribution in [3.8, 4) is 0 Å². The Hall–Kier alpha value is -1.82. The molecule has 19 heavy (non-hydrogen) atoms. The third-order valence-electron chi connectivity index (χ3n) is 2.73. The Kier molecular flexibility index (Phi) is 3.90. The van der Waals surface area contributed by atoms with E-state index < -0.39 is 16.0 Å². The van der Waals surface area contributed by atoms with E-state index in [4.69, 9.17) is 5.11 Å². The number of aliphatic carboxylic acids is 1. The van der Waals surface area contributed by atoms with E-state index in [1.165, 1.54) is 6.08 Å². The lowest BCUT2D eigenvalue weighted by Gasteiger charge is -2.07. The Morgan fingerprint density at radius 3 is 2.79 bits per heavy atom. The van der Waals surface area contributed by atoms with Crippen LogP contribution in [-0.2, 0) is 14.8 Å². The fraction of sp³-hybridized carbons (Fsp3) is 0.308. The molecule has 0 heterocycles. The molecular formula is C13H15NO4S. The van der Waals surface area contributed by atoms with Crippen LogP contribution in [0.4, 0.5) is 5.69 Å². The molecule has 1 aliphatic carbocycles. The predicted molar refractivity (Wildman–Crippen MR) is 73.2 cm³/mol. The van der Waals surface area contributed by atoms with Gasteiger partial charge < -0.3 is 5.11 Å². The number of sulfonamides is 1. The van der Waals surface area contributed by atoms with Gasteiger partial charge in [-0.05, 0) is 42.5 Å². The summed E-state index contributed by atoms with van der Waals surface area (Å²) in [7, 11) is -3.31. The first kappa shape index (κ1) is 13.6. The summed E-state index contributed by atoms with van der Waals surface area (Å²) < 4.78 is 26.1. The van der Waals surface area contributed by atoms with E-state index in [9.17, 15) is 13.2 Å². The lowest BCUT2D eigenvalue weighted by molar-refractivity contribution is -0.131. The van der Waals surface area contributed by atoms with Crippen molar-refractivity contribution in [2.45, 2.75) is 12.8 Å². The highest BCUT2D eigenvalue weighted by atomic mass is 32.2. The third kappa shape index (κ3) is 4.75. The lowest BCUT2D eigenvalue weighted by Crippen LogP contribution is -2.17. The first-order valence-electron chi connectivity index (χ1n) is 5.96. The second kappa shape index (κ2) is 5.44.